The summed E-state index contributed by atoms with van der Waals surface area (Å²) < 4.78 is 0. The normalized spacial score (nSPS) is 13.4. The van der Waals surface area contributed by atoms with Gasteiger partial charge in [-0.25, -0.2) is 0 Å². The Morgan fingerprint density at radius 1 is 1.38 bits per heavy atom. The number of fused-ring (bicyclic) bond motifs is 1. The van der Waals surface area contributed by atoms with Crippen LogP contribution < -0.4 is 5.32 Å². The van der Waals surface area contributed by atoms with E-state index in [9.17, 15) is 4.79 Å². The van der Waals surface area contributed by atoms with Crippen LogP contribution in [0.1, 0.15) is 27.2 Å². The first-order valence-corrected chi connectivity index (χ1v) is 8.26. The van der Waals surface area contributed by atoms with Gasteiger partial charge in [0.2, 0.25) is 0 Å². The lowest BCUT2D eigenvalue weighted by atomic mass is 10.0. The van der Waals surface area contributed by atoms with Crippen molar-refractivity contribution in [2.24, 2.45) is 0 Å². The molecule has 3 nitrogen and oxygen atoms in total. The first kappa shape index (κ1) is 14.1. The molecule has 4 heteroatoms. The molecule has 1 N–H and O–H groups in total. The van der Waals surface area contributed by atoms with E-state index in [-0.39, 0.29) is 5.91 Å². The lowest BCUT2D eigenvalue weighted by Gasteiger charge is -2.21. The zero-order valence-corrected chi connectivity index (χ0v) is 13.1. The van der Waals surface area contributed by atoms with Gasteiger partial charge in [-0.2, -0.15) is 0 Å². The zero-order chi connectivity index (χ0) is 14.7. The topological polar surface area (TPSA) is 32.3 Å². The molecule has 0 unspecified atom stereocenters. The molecule has 1 amide bonds. The molecule has 1 aromatic heterocycles. The second kappa shape index (κ2) is 6.31. The highest BCUT2D eigenvalue weighted by Crippen LogP contribution is 2.23. The fraction of sp³-hybridized carbons (Fsp3) is 0.353. The predicted octanol–water partition coefficient (Wildman–Crippen LogP) is 3.42. The molecule has 0 atom stereocenters. The molecule has 0 bridgehead atoms. The highest BCUT2D eigenvalue weighted by molar-refractivity contribution is 7.09. The van der Waals surface area contributed by atoms with E-state index in [4.69, 9.17) is 0 Å². The van der Waals surface area contributed by atoms with Crippen molar-refractivity contribution in [3.63, 3.8) is 0 Å². The summed E-state index contributed by atoms with van der Waals surface area (Å²) in [6.07, 6.45) is 3.12. The average molecular weight is 300 g/mol. The first-order chi connectivity index (χ1) is 10.2. The average Bonchev–Trinajstić information content (AvgIpc) is 3.05. The van der Waals surface area contributed by atoms with Crippen LogP contribution >= 0.6 is 11.3 Å². The summed E-state index contributed by atoms with van der Waals surface area (Å²) in [6, 6.07) is 10.2. The number of likely N-dealkylation sites (N-methyl/N-ethyl adjacent to an activating group) is 1. The van der Waals surface area contributed by atoms with E-state index >= 15 is 0 Å². The van der Waals surface area contributed by atoms with E-state index < -0.39 is 0 Å². The van der Waals surface area contributed by atoms with Crippen LogP contribution in [0.4, 0.5) is 5.69 Å². The summed E-state index contributed by atoms with van der Waals surface area (Å²) in [5.41, 5.74) is 3.24. The van der Waals surface area contributed by atoms with E-state index in [1.165, 1.54) is 16.1 Å². The molecular formula is C17H20N2OS. The third kappa shape index (κ3) is 3.27. The molecule has 1 aliphatic rings. The quantitative estimate of drug-likeness (QED) is 0.938. The highest BCUT2D eigenvalue weighted by atomic mass is 32.1. The number of aryl methyl sites for hydroxylation is 1. The van der Waals surface area contributed by atoms with E-state index in [1.807, 2.05) is 30.1 Å². The third-order valence-corrected chi connectivity index (χ3v) is 4.85. The number of hydrogen-bond acceptors (Lipinski definition) is 3. The summed E-state index contributed by atoms with van der Waals surface area (Å²) in [7, 11) is 1.88. The molecule has 0 spiro atoms. The summed E-state index contributed by atoms with van der Waals surface area (Å²) in [6.45, 7) is 1.79. The molecule has 0 saturated carbocycles. The summed E-state index contributed by atoms with van der Waals surface area (Å²) >= 11 is 1.74. The maximum Gasteiger partial charge on any atom is 0.253 e. The number of benzene rings is 1. The molecule has 3 rings (SSSR count). The largest absolute Gasteiger partial charge is 0.385 e. The lowest BCUT2D eigenvalue weighted by molar-refractivity contribution is 0.0797. The van der Waals surface area contributed by atoms with Gasteiger partial charge in [-0.05, 0) is 54.5 Å². The second-order valence-corrected chi connectivity index (χ2v) is 6.49. The van der Waals surface area contributed by atoms with Gasteiger partial charge >= 0.3 is 0 Å². The van der Waals surface area contributed by atoms with Crippen molar-refractivity contribution in [3.05, 3.63) is 51.7 Å². The maximum absolute atomic E-state index is 12.5. The van der Waals surface area contributed by atoms with Gasteiger partial charge in [-0.15, -0.1) is 11.3 Å². The molecule has 1 aliphatic heterocycles. The minimum atomic E-state index is 0.111. The molecule has 1 aromatic carbocycles. The third-order valence-electron chi connectivity index (χ3n) is 3.91. The van der Waals surface area contributed by atoms with Crippen LogP contribution in [0.2, 0.25) is 0 Å². The number of hydrogen-bond donors (Lipinski definition) is 1. The van der Waals surface area contributed by atoms with Gasteiger partial charge in [0.25, 0.3) is 5.91 Å². The minimum absolute atomic E-state index is 0.111. The van der Waals surface area contributed by atoms with Crippen LogP contribution in [-0.4, -0.2) is 30.9 Å². The minimum Gasteiger partial charge on any atom is -0.385 e. The van der Waals surface area contributed by atoms with Crippen molar-refractivity contribution in [2.45, 2.75) is 19.3 Å². The van der Waals surface area contributed by atoms with Gasteiger partial charge in [0, 0.05) is 36.3 Å². The van der Waals surface area contributed by atoms with Crippen molar-refractivity contribution in [1.82, 2.24) is 4.90 Å². The number of anilines is 1. The molecule has 110 valence electrons. The fourth-order valence-corrected chi connectivity index (χ4v) is 3.36. The maximum atomic E-state index is 12.5. The van der Waals surface area contributed by atoms with Crippen molar-refractivity contribution >= 4 is 22.9 Å². The van der Waals surface area contributed by atoms with Crippen molar-refractivity contribution in [2.75, 3.05) is 25.5 Å². The molecule has 0 aliphatic carbocycles. The van der Waals surface area contributed by atoms with Crippen molar-refractivity contribution in [3.8, 4) is 0 Å². The standard InChI is InChI=1S/C17H20N2OS/c1-19(10-8-15-5-3-11-21-15)17(20)14-6-7-16-13(12-14)4-2-9-18-16/h3,5-7,11-12,18H,2,4,8-10H2,1H3. The molecule has 0 fully saturated rings. The van der Waals surface area contributed by atoms with Crippen LogP contribution in [0.25, 0.3) is 0 Å². The second-order valence-electron chi connectivity index (χ2n) is 5.46. The van der Waals surface area contributed by atoms with Gasteiger partial charge in [-0.3, -0.25) is 4.79 Å². The number of thiophene rings is 1. The van der Waals surface area contributed by atoms with E-state index in [1.54, 1.807) is 11.3 Å². The Kier molecular flexibility index (Phi) is 4.25. The Bertz CT molecular complexity index is 622. The first-order valence-electron chi connectivity index (χ1n) is 7.39. The number of nitrogens with one attached hydrogen (secondary N) is 1. The summed E-state index contributed by atoms with van der Waals surface area (Å²) in [5.74, 6) is 0.111. The van der Waals surface area contributed by atoms with E-state index in [0.717, 1.165) is 37.9 Å². The Morgan fingerprint density at radius 2 is 2.29 bits per heavy atom. The molecule has 2 aromatic rings. The number of rotatable bonds is 4. The number of amides is 1. The van der Waals surface area contributed by atoms with Crippen LogP contribution in [0.5, 0.6) is 0 Å². The zero-order valence-electron chi connectivity index (χ0n) is 12.3. The predicted molar refractivity (Wildman–Crippen MR) is 88.2 cm³/mol. The van der Waals surface area contributed by atoms with Gasteiger partial charge in [0.1, 0.15) is 0 Å². The van der Waals surface area contributed by atoms with Crippen LogP contribution in [-0.2, 0) is 12.8 Å². The SMILES string of the molecule is CN(CCc1cccs1)C(=O)c1ccc2c(c1)CCCN2. The van der Waals surface area contributed by atoms with Crippen molar-refractivity contribution < 1.29 is 4.79 Å². The number of carbonyl (C=O) groups excluding carboxylic acids is 1. The van der Waals surface area contributed by atoms with Gasteiger partial charge in [-0.1, -0.05) is 6.07 Å². The fourth-order valence-electron chi connectivity index (χ4n) is 2.66. The molecule has 2 heterocycles. The Hall–Kier alpha value is -1.81. The van der Waals surface area contributed by atoms with E-state index in [2.05, 4.69) is 22.8 Å². The molecule has 21 heavy (non-hydrogen) atoms. The van der Waals surface area contributed by atoms with E-state index in [0.29, 0.717) is 0 Å². The van der Waals surface area contributed by atoms with Crippen LogP contribution in [0.15, 0.2) is 35.7 Å². The smallest absolute Gasteiger partial charge is 0.253 e. The van der Waals surface area contributed by atoms with Gasteiger partial charge < -0.3 is 10.2 Å². The number of carbonyl (C=O) groups is 1. The summed E-state index contributed by atoms with van der Waals surface area (Å²) in [4.78, 5) is 15.6. The van der Waals surface area contributed by atoms with Crippen LogP contribution in [0, 0.1) is 0 Å². The van der Waals surface area contributed by atoms with Gasteiger partial charge in [0.15, 0.2) is 0 Å². The monoisotopic (exact) mass is 300 g/mol. The Morgan fingerprint density at radius 3 is 3.10 bits per heavy atom. The Labute approximate surface area is 129 Å². The molecule has 0 radical (unpaired) electrons. The lowest BCUT2D eigenvalue weighted by Crippen LogP contribution is -2.29. The van der Waals surface area contributed by atoms with Gasteiger partial charge in [0.05, 0.1) is 0 Å². The van der Waals surface area contributed by atoms with Crippen molar-refractivity contribution in [1.29, 1.82) is 0 Å². The summed E-state index contributed by atoms with van der Waals surface area (Å²) in [5, 5.41) is 5.46. The molecular weight excluding hydrogens is 280 g/mol. The number of nitrogens with zero attached hydrogens (tertiary/aromatic N) is 1. The molecule has 0 saturated heterocycles. The van der Waals surface area contributed by atoms with Crippen LogP contribution in [0.3, 0.4) is 0 Å². The highest BCUT2D eigenvalue weighted by Gasteiger charge is 2.15. The Balaban J connectivity index is 1.66.